The first kappa shape index (κ1) is 25.8. The van der Waals surface area contributed by atoms with Crippen LogP contribution in [0.2, 0.25) is 0 Å². The van der Waals surface area contributed by atoms with Crippen molar-refractivity contribution in [2.24, 2.45) is 5.18 Å². The third-order valence-corrected chi connectivity index (χ3v) is 7.27. The van der Waals surface area contributed by atoms with E-state index < -0.39 is 33.6 Å². The Bertz CT molecular complexity index is 1050. The number of aliphatic hydroxyl groups excluding tert-OH is 1. The third kappa shape index (κ3) is 7.05. The highest BCUT2D eigenvalue weighted by Gasteiger charge is 2.30. The second kappa shape index (κ2) is 10.5. The number of amides is 1. The van der Waals surface area contributed by atoms with Crippen LogP contribution in [0.4, 0.5) is 14.2 Å². The first-order chi connectivity index (χ1) is 14.8. The van der Waals surface area contributed by atoms with Gasteiger partial charge in [-0.3, -0.25) is 5.32 Å². The minimum absolute atomic E-state index is 0.0308. The average Bonchev–Trinajstić information content (AvgIpc) is 3.08. The first-order valence-corrected chi connectivity index (χ1v) is 11.9. The zero-order chi connectivity index (χ0) is 24.1. The SMILES string of the molecule is CN(CC(O)c1ccc(F)cc1)S(=O)(=O)c1cc(CCN=O)sc1NC(=O)OC(C)(C)C. The second-order valence-corrected chi connectivity index (χ2v) is 11.1. The molecule has 1 aromatic heterocycles. The van der Waals surface area contributed by atoms with Gasteiger partial charge in [0.1, 0.15) is 21.3 Å². The molecular weight excluding hydrogens is 461 g/mol. The van der Waals surface area contributed by atoms with Crippen LogP contribution in [0.1, 0.15) is 37.3 Å². The summed E-state index contributed by atoms with van der Waals surface area (Å²) in [4.78, 5) is 23.0. The van der Waals surface area contributed by atoms with E-state index in [0.717, 1.165) is 15.6 Å². The zero-order valence-corrected chi connectivity index (χ0v) is 19.8. The fraction of sp³-hybridized carbons (Fsp3) is 0.450. The van der Waals surface area contributed by atoms with E-state index in [1.54, 1.807) is 20.8 Å². The summed E-state index contributed by atoms with van der Waals surface area (Å²) >= 11 is 0.994. The number of benzene rings is 1. The van der Waals surface area contributed by atoms with Gasteiger partial charge >= 0.3 is 6.09 Å². The number of carbonyl (C=O) groups is 1. The third-order valence-electron chi connectivity index (χ3n) is 4.19. The standard InChI is InChI=1S/C20H26FN3O6S2/c1-20(2,3)30-19(26)23-18-17(11-15(31-18)9-10-22-27)32(28,29)24(4)12-16(25)13-5-7-14(21)8-6-13/h5-8,11,16,25H,9-10,12H2,1-4H3,(H,23,26). The highest BCUT2D eigenvalue weighted by Crippen LogP contribution is 2.35. The predicted molar refractivity (Wildman–Crippen MR) is 120 cm³/mol. The number of sulfonamides is 1. The van der Waals surface area contributed by atoms with Crippen LogP contribution >= 0.6 is 11.3 Å². The van der Waals surface area contributed by atoms with Crippen molar-refractivity contribution in [3.8, 4) is 0 Å². The smallest absolute Gasteiger partial charge is 0.412 e. The largest absolute Gasteiger partial charge is 0.444 e. The summed E-state index contributed by atoms with van der Waals surface area (Å²) in [5.74, 6) is -0.476. The molecule has 0 bridgehead atoms. The van der Waals surface area contributed by atoms with Crippen LogP contribution in [0.25, 0.3) is 0 Å². The molecule has 1 amide bonds. The molecule has 2 rings (SSSR count). The predicted octanol–water partition coefficient (Wildman–Crippen LogP) is 3.90. The summed E-state index contributed by atoms with van der Waals surface area (Å²) in [6, 6.07) is 6.43. The van der Waals surface area contributed by atoms with Crippen molar-refractivity contribution < 1.29 is 27.4 Å². The van der Waals surface area contributed by atoms with E-state index in [1.807, 2.05) is 0 Å². The number of hydrogen-bond donors (Lipinski definition) is 2. The molecule has 0 saturated carbocycles. The van der Waals surface area contributed by atoms with Gasteiger partial charge in [-0.2, -0.15) is 9.21 Å². The molecule has 0 aliphatic carbocycles. The van der Waals surface area contributed by atoms with Gasteiger partial charge in [0.15, 0.2) is 0 Å². The van der Waals surface area contributed by atoms with E-state index in [2.05, 4.69) is 10.5 Å². The van der Waals surface area contributed by atoms with Gasteiger partial charge in [-0.25, -0.2) is 17.6 Å². The number of ether oxygens (including phenoxy) is 1. The number of aliphatic hydroxyl groups is 1. The van der Waals surface area contributed by atoms with Crippen molar-refractivity contribution in [2.45, 2.75) is 43.8 Å². The van der Waals surface area contributed by atoms with Gasteiger partial charge in [-0.1, -0.05) is 17.3 Å². The number of halogens is 1. The maximum atomic E-state index is 13.2. The lowest BCUT2D eigenvalue weighted by Crippen LogP contribution is -2.32. The zero-order valence-electron chi connectivity index (χ0n) is 18.2. The molecular formula is C20H26FN3O6S2. The number of nitrogens with one attached hydrogen (secondary N) is 1. The molecule has 0 radical (unpaired) electrons. The number of rotatable bonds is 9. The lowest BCUT2D eigenvalue weighted by molar-refractivity contribution is 0.0636. The lowest BCUT2D eigenvalue weighted by Gasteiger charge is -2.22. The highest BCUT2D eigenvalue weighted by atomic mass is 32.2. The Labute approximate surface area is 190 Å². The number of anilines is 1. The minimum atomic E-state index is -4.14. The van der Waals surface area contributed by atoms with Gasteiger partial charge in [-0.15, -0.1) is 11.3 Å². The van der Waals surface area contributed by atoms with Crippen LogP contribution in [0.15, 0.2) is 40.4 Å². The minimum Gasteiger partial charge on any atom is -0.444 e. The molecule has 1 aromatic carbocycles. The van der Waals surface area contributed by atoms with E-state index in [-0.39, 0.29) is 29.4 Å². The molecule has 2 aromatic rings. The number of nitroso groups, excluding NO2 is 1. The quantitative estimate of drug-likeness (QED) is 0.517. The summed E-state index contributed by atoms with van der Waals surface area (Å²) in [6.45, 7) is 4.66. The van der Waals surface area contributed by atoms with Gasteiger partial charge in [0.25, 0.3) is 0 Å². The number of thiophene rings is 1. The summed E-state index contributed by atoms with van der Waals surface area (Å²) in [5.41, 5.74) is -0.440. The van der Waals surface area contributed by atoms with Crippen LogP contribution in [0.5, 0.6) is 0 Å². The topological polar surface area (TPSA) is 125 Å². The Morgan fingerprint density at radius 1 is 1.31 bits per heavy atom. The fourth-order valence-electron chi connectivity index (χ4n) is 2.68. The van der Waals surface area contributed by atoms with Crippen molar-refractivity contribution >= 4 is 32.5 Å². The maximum absolute atomic E-state index is 13.2. The fourth-order valence-corrected chi connectivity index (χ4v) is 5.37. The van der Waals surface area contributed by atoms with Crippen molar-refractivity contribution in [1.82, 2.24) is 4.31 Å². The van der Waals surface area contributed by atoms with E-state index in [9.17, 15) is 27.6 Å². The Hall–Kier alpha value is -2.41. The molecule has 1 heterocycles. The van der Waals surface area contributed by atoms with Crippen molar-refractivity contribution in [3.63, 3.8) is 0 Å². The maximum Gasteiger partial charge on any atom is 0.412 e. The number of hydrogen-bond acceptors (Lipinski definition) is 8. The highest BCUT2D eigenvalue weighted by molar-refractivity contribution is 7.89. The van der Waals surface area contributed by atoms with Gasteiger partial charge in [-0.05, 0) is 44.5 Å². The molecule has 1 atom stereocenters. The van der Waals surface area contributed by atoms with Gasteiger partial charge in [0.05, 0.1) is 12.6 Å². The first-order valence-electron chi connectivity index (χ1n) is 9.65. The van der Waals surface area contributed by atoms with E-state index in [4.69, 9.17) is 4.74 Å². The Kier molecular flexibility index (Phi) is 8.46. The van der Waals surface area contributed by atoms with E-state index in [0.29, 0.717) is 10.4 Å². The van der Waals surface area contributed by atoms with Crippen LogP contribution < -0.4 is 5.32 Å². The summed E-state index contributed by atoms with van der Waals surface area (Å²) in [5, 5.41) is 15.7. The molecule has 2 N–H and O–H groups in total. The molecule has 0 spiro atoms. The molecule has 12 heteroatoms. The normalized spacial score (nSPS) is 13.1. The van der Waals surface area contributed by atoms with Crippen LogP contribution in [0.3, 0.4) is 0 Å². The monoisotopic (exact) mass is 487 g/mol. The van der Waals surface area contributed by atoms with Gasteiger partial charge in [0, 0.05) is 24.9 Å². The average molecular weight is 488 g/mol. The van der Waals surface area contributed by atoms with Crippen molar-refractivity contribution in [1.29, 1.82) is 0 Å². The summed E-state index contributed by atoms with van der Waals surface area (Å²) in [7, 11) is -2.86. The Morgan fingerprint density at radius 3 is 2.50 bits per heavy atom. The molecule has 32 heavy (non-hydrogen) atoms. The van der Waals surface area contributed by atoms with Crippen LogP contribution in [-0.2, 0) is 21.2 Å². The number of carbonyl (C=O) groups excluding carboxylic acids is 1. The van der Waals surface area contributed by atoms with E-state index in [1.165, 1.54) is 37.4 Å². The van der Waals surface area contributed by atoms with E-state index >= 15 is 0 Å². The molecule has 0 saturated heterocycles. The summed E-state index contributed by atoms with van der Waals surface area (Å²) < 4.78 is 45.7. The molecule has 0 fully saturated rings. The molecule has 0 aliphatic heterocycles. The molecule has 1 unspecified atom stereocenters. The Balaban J connectivity index is 2.30. The number of likely N-dealkylation sites (N-methyl/N-ethyl adjacent to an activating group) is 1. The van der Waals surface area contributed by atoms with Gasteiger partial charge < -0.3 is 9.84 Å². The number of nitrogens with zero attached hydrogens (tertiary/aromatic N) is 2. The van der Waals surface area contributed by atoms with Crippen molar-refractivity contribution in [3.05, 3.63) is 51.5 Å². The van der Waals surface area contributed by atoms with Crippen molar-refractivity contribution in [2.75, 3.05) is 25.5 Å². The molecule has 176 valence electrons. The second-order valence-electron chi connectivity index (χ2n) is 7.99. The van der Waals surface area contributed by atoms with Crippen LogP contribution in [-0.4, -0.2) is 49.7 Å². The lowest BCUT2D eigenvalue weighted by atomic mass is 10.1. The molecule has 9 nitrogen and oxygen atoms in total. The Morgan fingerprint density at radius 2 is 1.94 bits per heavy atom. The van der Waals surface area contributed by atoms with Crippen LogP contribution in [0, 0.1) is 10.7 Å². The van der Waals surface area contributed by atoms with Gasteiger partial charge in [0.2, 0.25) is 10.0 Å². The summed E-state index contributed by atoms with van der Waals surface area (Å²) in [6.07, 6.45) is -1.82. The molecule has 0 aliphatic rings.